The van der Waals surface area contributed by atoms with Crippen LogP contribution in [0.25, 0.3) is 0 Å². The van der Waals surface area contributed by atoms with Gasteiger partial charge in [-0.25, -0.2) is 0 Å². The molecule has 0 aliphatic rings. The maximum atomic E-state index is 5.61. The molecule has 0 atom stereocenters. The topological polar surface area (TPSA) is 34.1 Å². The highest BCUT2D eigenvalue weighted by Crippen LogP contribution is 2.07. The van der Waals surface area contributed by atoms with Gasteiger partial charge < -0.3 is 10.1 Å². The fraction of sp³-hybridized carbons (Fsp3) is 0.615. The summed E-state index contributed by atoms with van der Waals surface area (Å²) in [7, 11) is 0. The maximum absolute atomic E-state index is 5.61. The first-order valence-corrected chi connectivity index (χ1v) is 5.81. The van der Waals surface area contributed by atoms with Crippen molar-refractivity contribution in [2.24, 2.45) is 0 Å². The lowest BCUT2D eigenvalue weighted by Crippen LogP contribution is -2.37. The fourth-order valence-corrected chi connectivity index (χ4v) is 1.63. The molecule has 0 amide bonds. The van der Waals surface area contributed by atoms with Gasteiger partial charge in [0, 0.05) is 25.4 Å². The minimum atomic E-state index is -0.113. The van der Waals surface area contributed by atoms with E-state index in [1.54, 1.807) is 0 Å². The number of aryl methyl sites for hydroxylation is 1. The number of rotatable bonds is 6. The van der Waals surface area contributed by atoms with E-state index in [9.17, 15) is 0 Å². The van der Waals surface area contributed by atoms with Crippen LogP contribution in [0.1, 0.15) is 32.2 Å². The lowest BCUT2D eigenvalue weighted by atomic mass is 10.1. The molecule has 1 aromatic heterocycles. The first-order valence-electron chi connectivity index (χ1n) is 5.81. The largest absolute Gasteiger partial charge is 0.375 e. The Balaban J connectivity index is 2.35. The third-order valence-corrected chi connectivity index (χ3v) is 2.34. The summed E-state index contributed by atoms with van der Waals surface area (Å²) in [5.41, 5.74) is 2.02. The smallest absolute Gasteiger partial charge is 0.0750 e. The molecule has 0 spiro atoms. The maximum Gasteiger partial charge on any atom is 0.0750 e. The number of nitrogens with one attached hydrogen (secondary N) is 1. The summed E-state index contributed by atoms with van der Waals surface area (Å²) in [6.07, 6.45) is 0. The van der Waals surface area contributed by atoms with Gasteiger partial charge in [0.2, 0.25) is 0 Å². The van der Waals surface area contributed by atoms with E-state index in [1.807, 2.05) is 32.0 Å². The van der Waals surface area contributed by atoms with Crippen LogP contribution in [-0.4, -0.2) is 23.7 Å². The Bertz CT molecular complexity index is 323. The van der Waals surface area contributed by atoms with Gasteiger partial charge in [0.05, 0.1) is 11.3 Å². The first kappa shape index (κ1) is 13.1. The normalized spacial score (nSPS) is 11.8. The second-order valence-corrected chi connectivity index (χ2v) is 4.57. The van der Waals surface area contributed by atoms with E-state index in [1.165, 1.54) is 0 Å². The van der Waals surface area contributed by atoms with E-state index in [0.717, 1.165) is 31.1 Å². The van der Waals surface area contributed by atoms with Crippen LogP contribution in [0.15, 0.2) is 18.2 Å². The minimum absolute atomic E-state index is 0.113. The molecule has 0 bridgehead atoms. The SMILES string of the molecule is CCOC(C)(C)CNCc1cccc(C)n1. The number of hydrogen-bond acceptors (Lipinski definition) is 3. The van der Waals surface area contributed by atoms with Crippen molar-refractivity contribution >= 4 is 0 Å². The second kappa shape index (κ2) is 5.97. The number of aromatic nitrogens is 1. The van der Waals surface area contributed by atoms with E-state index in [4.69, 9.17) is 4.74 Å². The van der Waals surface area contributed by atoms with E-state index in [-0.39, 0.29) is 5.60 Å². The Hall–Kier alpha value is -0.930. The second-order valence-electron chi connectivity index (χ2n) is 4.57. The highest BCUT2D eigenvalue weighted by molar-refractivity contribution is 5.09. The number of hydrogen-bond donors (Lipinski definition) is 1. The molecule has 0 aliphatic carbocycles. The Morgan fingerprint density at radius 3 is 2.75 bits per heavy atom. The van der Waals surface area contributed by atoms with Gasteiger partial charge >= 0.3 is 0 Å². The molecule has 16 heavy (non-hydrogen) atoms. The molecule has 0 aliphatic heterocycles. The average molecular weight is 222 g/mol. The Morgan fingerprint density at radius 2 is 2.12 bits per heavy atom. The van der Waals surface area contributed by atoms with Crippen LogP contribution in [0.4, 0.5) is 0 Å². The van der Waals surface area contributed by atoms with E-state index in [2.05, 4.69) is 24.1 Å². The van der Waals surface area contributed by atoms with E-state index >= 15 is 0 Å². The van der Waals surface area contributed by atoms with Crippen LogP contribution in [0.3, 0.4) is 0 Å². The number of nitrogens with zero attached hydrogens (tertiary/aromatic N) is 1. The van der Waals surface area contributed by atoms with Crippen LogP contribution in [0.2, 0.25) is 0 Å². The third kappa shape index (κ3) is 4.73. The minimum Gasteiger partial charge on any atom is -0.375 e. The van der Waals surface area contributed by atoms with Gasteiger partial charge in [-0.3, -0.25) is 4.98 Å². The van der Waals surface area contributed by atoms with Crippen molar-refractivity contribution in [1.29, 1.82) is 0 Å². The molecule has 3 nitrogen and oxygen atoms in total. The predicted octanol–water partition coefficient (Wildman–Crippen LogP) is 2.29. The Morgan fingerprint density at radius 1 is 1.38 bits per heavy atom. The van der Waals surface area contributed by atoms with Crippen LogP contribution in [-0.2, 0) is 11.3 Å². The highest BCUT2D eigenvalue weighted by Gasteiger charge is 2.16. The van der Waals surface area contributed by atoms with Crippen molar-refractivity contribution in [2.75, 3.05) is 13.2 Å². The molecule has 0 aromatic carbocycles. The van der Waals surface area contributed by atoms with Crippen LogP contribution >= 0.6 is 0 Å². The molecule has 90 valence electrons. The standard InChI is InChI=1S/C13H22N2O/c1-5-16-13(3,4)10-14-9-12-8-6-7-11(2)15-12/h6-8,14H,5,9-10H2,1-4H3. The summed E-state index contributed by atoms with van der Waals surface area (Å²) in [6, 6.07) is 6.08. The quantitative estimate of drug-likeness (QED) is 0.802. The van der Waals surface area contributed by atoms with Gasteiger partial charge in [0.15, 0.2) is 0 Å². The van der Waals surface area contributed by atoms with Crippen molar-refractivity contribution in [2.45, 2.75) is 39.8 Å². The molecule has 0 radical (unpaired) electrons. The van der Waals surface area contributed by atoms with Crippen molar-refractivity contribution in [3.8, 4) is 0 Å². The molecule has 1 N–H and O–H groups in total. The summed E-state index contributed by atoms with van der Waals surface area (Å²) in [5.74, 6) is 0. The van der Waals surface area contributed by atoms with Gasteiger partial charge in [0.25, 0.3) is 0 Å². The van der Waals surface area contributed by atoms with Crippen LogP contribution in [0, 0.1) is 6.92 Å². The zero-order valence-corrected chi connectivity index (χ0v) is 10.7. The van der Waals surface area contributed by atoms with Gasteiger partial charge in [-0.15, -0.1) is 0 Å². The molecule has 0 unspecified atom stereocenters. The third-order valence-electron chi connectivity index (χ3n) is 2.34. The molecule has 0 saturated carbocycles. The van der Waals surface area contributed by atoms with Gasteiger partial charge in [-0.1, -0.05) is 6.07 Å². The summed E-state index contributed by atoms with van der Waals surface area (Å²) < 4.78 is 5.61. The number of pyridine rings is 1. The van der Waals surface area contributed by atoms with Gasteiger partial charge in [-0.05, 0) is 39.8 Å². The Kier molecular flexibility index (Phi) is 4.90. The molecular weight excluding hydrogens is 200 g/mol. The molecule has 1 rings (SSSR count). The molecule has 1 aromatic rings. The highest BCUT2D eigenvalue weighted by atomic mass is 16.5. The van der Waals surface area contributed by atoms with E-state index < -0.39 is 0 Å². The summed E-state index contributed by atoms with van der Waals surface area (Å²) >= 11 is 0. The van der Waals surface area contributed by atoms with Crippen molar-refractivity contribution in [3.05, 3.63) is 29.6 Å². The molecule has 0 saturated heterocycles. The van der Waals surface area contributed by atoms with E-state index in [0.29, 0.717) is 0 Å². The predicted molar refractivity (Wildman–Crippen MR) is 66.4 cm³/mol. The number of ether oxygens (including phenoxy) is 1. The zero-order chi connectivity index (χ0) is 12.0. The summed E-state index contributed by atoms with van der Waals surface area (Å²) in [5, 5.41) is 3.37. The first-order chi connectivity index (χ1) is 7.53. The lowest BCUT2D eigenvalue weighted by Gasteiger charge is -2.24. The molecule has 0 fully saturated rings. The molecule has 3 heteroatoms. The zero-order valence-electron chi connectivity index (χ0n) is 10.7. The fourth-order valence-electron chi connectivity index (χ4n) is 1.63. The molecular formula is C13H22N2O. The lowest BCUT2D eigenvalue weighted by molar-refractivity contribution is -0.00901. The Labute approximate surface area is 98.2 Å². The van der Waals surface area contributed by atoms with Crippen molar-refractivity contribution in [1.82, 2.24) is 10.3 Å². The van der Waals surface area contributed by atoms with Crippen molar-refractivity contribution in [3.63, 3.8) is 0 Å². The monoisotopic (exact) mass is 222 g/mol. The van der Waals surface area contributed by atoms with Gasteiger partial charge in [-0.2, -0.15) is 0 Å². The average Bonchev–Trinajstić information content (AvgIpc) is 2.17. The summed E-state index contributed by atoms with van der Waals surface area (Å²) in [6.45, 7) is 10.6. The van der Waals surface area contributed by atoms with Crippen molar-refractivity contribution < 1.29 is 4.74 Å². The molecule has 1 heterocycles. The van der Waals surface area contributed by atoms with Gasteiger partial charge in [0.1, 0.15) is 0 Å². The van der Waals surface area contributed by atoms with Crippen LogP contribution in [0.5, 0.6) is 0 Å². The van der Waals surface area contributed by atoms with Crippen LogP contribution < -0.4 is 5.32 Å². The summed E-state index contributed by atoms with van der Waals surface area (Å²) in [4.78, 5) is 4.44.